The van der Waals surface area contributed by atoms with Gasteiger partial charge < -0.3 is 10.1 Å². The molecule has 4 nitrogen and oxygen atoms in total. The summed E-state index contributed by atoms with van der Waals surface area (Å²) in [6.45, 7) is 2.31. The van der Waals surface area contributed by atoms with Crippen LogP contribution in [0.4, 0.5) is 13.2 Å². The zero-order valence-corrected chi connectivity index (χ0v) is 17.0. The molecule has 1 aromatic heterocycles. The first kappa shape index (κ1) is 21.5. The molecule has 0 unspecified atom stereocenters. The van der Waals surface area contributed by atoms with E-state index >= 15 is 0 Å². The zero-order chi connectivity index (χ0) is 21.7. The van der Waals surface area contributed by atoms with Gasteiger partial charge in [0.25, 0.3) is 0 Å². The Balaban J connectivity index is 1.56. The van der Waals surface area contributed by atoms with Crippen molar-refractivity contribution in [1.29, 1.82) is 0 Å². The molecule has 1 aliphatic heterocycles. The quantitative estimate of drug-likeness (QED) is 0.601. The fraction of sp³-hybridized carbons (Fsp3) is 0.333. The molecule has 1 saturated heterocycles. The molecule has 0 aliphatic carbocycles. The Hall–Kier alpha value is -2.77. The smallest absolute Gasteiger partial charge is 0.376 e. The maximum Gasteiger partial charge on any atom is 0.416 e. The van der Waals surface area contributed by atoms with Crippen LogP contribution in [0.1, 0.15) is 29.5 Å². The maximum absolute atomic E-state index is 13.5. The van der Waals surface area contributed by atoms with Crippen molar-refractivity contribution in [3.63, 3.8) is 0 Å². The lowest BCUT2D eigenvalue weighted by atomic mass is 9.74. The molecule has 7 heteroatoms. The number of aromatic nitrogens is 2. The lowest BCUT2D eigenvalue weighted by molar-refractivity contribution is -0.137. The highest BCUT2D eigenvalue weighted by Crippen LogP contribution is 2.35. The van der Waals surface area contributed by atoms with Crippen molar-refractivity contribution in [3.05, 3.63) is 83.7 Å². The summed E-state index contributed by atoms with van der Waals surface area (Å²) in [6, 6.07) is 15.7. The molecule has 31 heavy (non-hydrogen) atoms. The van der Waals surface area contributed by atoms with E-state index in [1.165, 1.54) is 18.0 Å². The minimum Gasteiger partial charge on any atom is -0.376 e. The van der Waals surface area contributed by atoms with Crippen LogP contribution in [0.15, 0.2) is 67.0 Å². The third-order valence-corrected chi connectivity index (χ3v) is 5.74. The van der Waals surface area contributed by atoms with Gasteiger partial charge in [-0.1, -0.05) is 30.3 Å². The molecule has 162 valence electrons. The van der Waals surface area contributed by atoms with Gasteiger partial charge in [0.2, 0.25) is 0 Å². The summed E-state index contributed by atoms with van der Waals surface area (Å²) in [7, 11) is 0. The minimum absolute atomic E-state index is 0.0891. The number of halogens is 3. The van der Waals surface area contributed by atoms with Crippen molar-refractivity contribution >= 4 is 0 Å². The van der Waals surface area contributed by atoms with E-state index < -0.39 is 11.7 Å². The molecule has 4 rings (SSSR count). The molecule has 1 aliphatic rings. The lowest BCUT2D eigenvalue weighted by Gasteiger charge is -2.38. The predicted octanol–water partition coefficient (Wildman–Crippen LogP) is 5.00. The van der Waals surface area contributed by atoms with Crippen LogP contribution >= 0.6 is 0 Å². The van der Waals surface area contributed by atoms with Gasteiger partial charge in [-0.25, -0.2) is 9.97 Å². The molecule has 2 heterocycles. The maximum atomic E-state index is 13.5. The lowest BCUT2D eigenvalue weighted by Crippen LogP contribution is -2.43. The van der Waals surface area contributed by atoms with Crippen molar-refractivity contribution in [3.8, 4) is 11.4 Å². The second-order valence-corrected chi connectivity index (χ2v) is 7.88. The van der Waals surface area contributed by atoms with Gasteiger partial charge in [-0.15, -0.1) is 0 Å². The van der Waals surface area contributed by atoms with Crippen molar-refractivity contribution in [1.82, 2.24) is 15.3 Å². The molecule has 0 bridgehead atoms. The normalized spacial score (nSPS) is 16.2. The van der Waals surface area contributed by atoms with Crippen LogP contribution in [-0.2, 0) is 22.9 Å². The first-order chi connectivity index (χ1) is 15.0. The number of rotatable bonds is 6. The van der Waals surface area contributed by atoms with Gasteiger partial charge in [-0.2, -0.15) is 13.2 Å². The average Bonchev–Trinajstić information content (AvgIpc) is 2.80. The van der Waals surface area contributed by atoms with Crippen LogP contribution in [0, 0.1) is 0 Å². The molecule has 0 saturated carbocycles. The fourth-order valence-electron chi connectivity index (χ4n) is 4.09. The van der Waals surface area contributed by atoms with Crippen LogP contribution in [0.5, 0.6) is 0 Å². The van der Waals surface area contributed by atoms with Gasteiger partial charge in [0.1, 0.15) is 0 Å². The van der Waals surface area contributed by atoms with Crippen LogP contribution in [0.3, 0.4) is 0 Å². The predicted molar refractivity (Wildman–Crippen MR) is 112 cm³/mol. The highest BCUT2D eigenvalue weighted by molar-refractivity contribution is 5.57. The van der Waals surface area contributed by atoms with E-state index in [1.54, 1.807) is 12.1 Å². The molecule has 1 fully saturated rings. The zero-order valence-electron chi connectivity index (χ0n) is 17.0. The highest BCUT2D eigenvalue weighted by atomic mass is 19.4. The van der Waals surface area contributed by atoms with Crippen molar-refractivity contribution in [2.75, 3.05) is 19.7 Å². The number of alkyl halides is 3. The Kier molecular flexibility index (Phi) is 6.34. The molecule has 3 aromatic rings. The van der Waals surface area contributed by atoms with Gasteiger partial charge in [0, 0.05) is 23.4 Å². The summed E-state index contributed by atoms with van der Waals surface area (Å²) >= 11 is 0. The van der Waals surface area contributed by atoms with E-state index in [1.807, 2.05) is 18.2 Å². The Labute approximate surface area is 179 Å². The summed E-state index contributed by atoms with van der Waals surface area (Å²) in [5.41, 5.74) is 1.12. The van der Waals surface area contributed by atoms with E-state index in [0.29, 0.717) is 17.7 Å². The van der Waals surface area contributed by atoms with Gasteiger partial charge in [0.05, 0.1) is 18.8 Å². The van der Waals surface area contributed by atoms with Gasteiger partial charge in [-0.05, 0) is 61.3 Å². The second-order valence-electron chi connectivity index (χ2n) is 7.88. The van der Waals surface area contributed by atoms with Crippen LogP contribution in [0.25, 0.3) is 11.4 Å². The standard InChI is InChI=1S/C24H24F3N3O/c25-24(26,27)21-14-18(13-19(15-21)22-29-9-4-10-30-22)16-31-17-23(7-11-28-12-8-23)20-5-2-1-3-6-20/h1-6,9-10,13-15,28H,7-8,11-12,16-17H2. The average molecular weight is 427 g/mol. The van der Waals surface area contributed by atoms with E-state index in [0.717, 1.165) is 38.1 Å². The number of nitrogens with one attached hydrogen (secondary N) is 1. The molecule has 2 aromatic carbocycles. The van der Waals surface area contributed by atoms with Crippen LogP contribution in [0.2, 0.25) is 0 Å². The van der Waals surface area contributed by atoms with Crippen LogP contribution < -0.4 is 5.32 Å². The fourth-order valence-corrected chi connectivity index (χ4v) is 4.09. The number of ether oxygens (including phenoxy) is 1. The molecule has 0 radical (unpaired) electrons. The number of piperidine rings is 1. The van der Waals surface area contributed by atoms with E-state index in [4.69, 9.17) is 4.74 Å². The Morgan fingerprint density at radius 2 is 1.65 bits per heavy atom. The SMILES string of the molecule is FC(F)(F)c1cc(COCC2(c3ccccc3)CCNCC2)cc(-c2ncccn2)c1. The number of nitrogens with zero attached hydrogens (tertiary/aromatic N) is 2. The van der Waals surface area contributed by atoms with E-state index in [-0.39, 0.29) is 17.8 Å². The summed E-state index contributed by atoms with van der Waals surface area (Å²) in [5.74, 6) is 0.258. The van der Waals surface area contributed by atoms with E-state index in [2.05, 4.69) is 27.4 Å². The molecule has 0 spiro atoms. The summed E-state index contributed by atoms with van der Waals surface area (Å²) in [6.07, 6.45) is 0.407. The van der Waals surface area contributed by atoms with Gasteiger partial charge in [0.15, 0.2) is 5.82 Å². The summed E-state index contributed by atoms with van der Waals surface area (Å²) < 4.78 is 46.5. The summed E-state index contributed by atoms with van der Waals surface area (Å²) in [5, 5.41) is 3.37. The third-order valence-electron chi connectivity index (χ3n) is 5.74. The monoisotopic (exact) mass is 427 g/mol. The molecule has 0 amide bonds. The van der Waals surface area contributed by atoms with Crippen molar-refractivity contribution in [2.45, 2.75) is 31.0 Å². The van der Waals surface area contributed by atoms with Crippen molar-refractivity contribution < 1.29 is 17.9 Å². The Bertz CT molecular complexity index is 988. The van der Waals surface area contributed by atoms with Gasteiger partial charge in [-0.3, -0.25) is 0 Å². The highest BCUT2D eigenvalue weighted by Gasteiger charge is 2.34. The first-order valence-electron chi connectivity index (χ1n) is 10.3. The number of hydrogen-bond acceptors (Lipinski definition) is 4. The van der Waals surface area contributed by atoms with Crippen molar-refractivity contribution in [2.24, 2.45) is 0 Å². The molecular formula is C24H24F3N3O. The van der Waals surface area contributed by atoms with Crippen LogP contribution in [-0.4, -0.2) is 29.7 Å². The number of benzene rings is 2. The van der Waals surface area contributed by atoms with Gasteiger partial charge >= 0.3 is 6.18 Å². The third kappa shape index (κ3) is 5.11. The molecule has 1 N–H and O–H groups in total. The molecule has 0 atom stereocenters. The first-order valence-corrected chi connectivity index (χ1v) is 10.3. The second kappa shape index (κ2) is 9.16. The number of hydrogen-bond donors (Lipinski definition) is 1. The molecular weight excluding hydrogens is 403 g/mol. The largest absolute Gasteiger partial charge is 0.416 e. The Morgan fingerprint density at radius 3 is 2.32 bits per heavy atom. The Morgan fingerprint density at radius 1 is 0.935 bits per heavy atom. The summed E-state index contributed by atoms with van der Waals surface area (Å²) in [4.78, 5) is 8.18. The topological polar surface area (TPSA) is 47.0 Å². The van der Waals surface area contributed by atoms with E-state index in [9.17, 15) is 13.2 Å². The minimum atomic E-state index is -4.46.